The molecule has 0 N–H and O–H groups in total. The number of hydrogen-bond donors (Lipinski definition) is 0. The van der Waals surface area contributed by atoms with E-state index in [2.05, 4.69) is 0 Å². The van der Waals surface area contributed by atoms with Crippen LogP contribution in [0.3, 0.4) is 0 Å². The van der Waals surface area contributed by atoms with Gasteiger partial charge in [0.1, 0.15) is 0 Å². The van der Waals surface area contributed by atoms with Crippen LogP contribution < -0.4 is 4.90 Å². The highest BCUT2D eigenvalue weighted by atomic mass is 19.4. The fourth-order valence-electron chi connectivity index (χ4n) is 0.946. The lowest BCUT2D eigenvalue weighted by Gasteiger charge is -2.12. The van der Waals surface area contributed by atoms with Gasteiger partial charge in [0.15, 0.2) is 0 Å². The van der Waals surface area contributed by atoms with Crippen LogP contribution in [0.1, 0.15) is 5.56 Å². The molecule has 0 heterocycles. The average molecular weight is 203 g/mol. The first-order valence-electron chi connectivity index (χ1n) is 3.80. The molecule has 5 heteroatoms. The molecular formula is C9H8F3NO. The summed E-state index contributed by atoms with van der Waals surface area (Å²) in [6.07, 6.45) is -3.80. The molecule has 0 fully saturated rings. The van der Waals surface area contributed by atoms with Crippen molar-refractivity contribution >= 4 is 12.1 Å². The zero-order valence-corrected chi connectivity index (χ0v) is 7.38. The molecule has 0 aliphatic heterocycles. The van der Waals surface area contributed by atoms with Gasteiger partial charge in [-0.05, 0) is 24.3 Å². The number of carbonyl (C=O) groups is 1. The molecule has 0 saturated heterocycles. The highest BCUT2D eigenvalue weighted by molar-refractivity contribution is 5.74. The minimum Gasteiger partial charge on any atom is -0.318 e. The van der Waals surface area contributed by atoms with E-state index in [1.165, 1.54) is 24.1 Å². The summed E-state index contributed by atoms with van der Waals surface area (Å²) in [5, 5.41) is 0. The van der Waals surface area contributed by atoms with Crippen LogP contribution in [0.2, 0.25) is 0 Å². The topological polar surface area (TPSA) is 20.3 Å². The minimum atomic E-state index is -4.34. The highest BCUT2D eigenvalue weighted by Gasteiger charge is 2.29. The Morgan fingerprint density at radius 1 is 1.21 bits per heavy atom. The van der Waals surface area contributed by atoms with Crippen molar-refractivity contribution in [2.24, 2.45) is 0 Å². The largest absolute Gasteiger partial charge is 0.416 e. The minimum absolute atomic E-state index is 0.424. The molecule has 1 aromatic rings. The fourth-order valence-corrected chi connectivity index (χ4v) is 0.946. The summed E-state index contributed by atoms with van der Waals surface area (Å²) in [6, 6.07) is 4.37. The molecule has 0 bridgehead atoms. The van der Waals surface area contributed by atoms with Crippen LogP contribution in [0.15, 0.2) is 24.3 Å². The van der Waals surface area contributed by atoms with Crippen LogP contribution in [0.4, 0.5) is 18.9 Å². The normalized spacial score (nSPS) is 11.1. The second-order valence-electron chi connectivity index (χ2n) is 2.76. The number of alkyl halides is 3. The van der Waals surface area contributed by atoms with E-state index in [0.717, 1.165) is 12.1 Å². The summed E-state index contributed by atoms with van der Waals surface area (Å²) in [4.78, 5) is 11.5. The Balaban J connectivity index is 2.95. The third kappa shape index (κ3) is 2.25. The molecule has 0 aliphatic carbocycles. The fraction of sp³-hybridized carbons (Fsp3) is 0.222. The predicted octanol–water partition coefficient (Wildman–Crippen LogP) is 2.30. The average Bonchev–Trinajstić information content (AvgIpc) is 2.15. The van der Waals surface area contributed by atoms with Crippen LogP contribution in [-0.4, -0.2) is 13.5 Å². The van der Waals surface area contributed by atoms with Crippen molar-refractivity contribution in [1.29, 1.82) is 0 Å². The van der Waals surface area contributed by atoms with E-state index < -0.39 is 11.7 Å². The smallest absolute Gasteiger partial charge is 0.318 e. The molecule has 76 valence electrons. The molecule has 0 radical (unpaired) electrons. The maximum Gasteiger partial charge on any atom is 0.416 e. The van der Waals surface area contributed by atoms with Crippen molar-refractivity contribution in [3.05, 3.63) is 29.8 Å². The van der Waals surface area contributed by atoms with Crippen LogP contribution >= 0.6 is 0 Å². The third-order valence-electron chi connectivity index (χ3n) is 1.76. The Bertz CT molecular complexity index is 318. The van der Waals surface area contributed by atoms with E-state index >= 15 is 0 Å². The molecule has 1 aromatic carbocycles. The van der Waals surface area contributed by atoms with Crippen LogP contribution in [0.5, 0.6) is 0 Å². The van der Waals surface area contributed by atoms with Gasteiger partial charge < -0.3 is 4.90 Å². The maximum atomic E-state index is 12.1. The van der Waals surface area contributed by atoms with E-state index in [1.807, 2.05) is 0 Å². The quantitative estimate of drug-likeness (QED) is 0.675. The number of anilines is 1. The monoisotopic (exact) mass is 203 g/mol. The standard InChI is InChI=1S/C9H8F3NO/c1-13(6-14)8-4-2-7(3-5-8)9(10,11)12/h2-6H,1H3. The van der Waals surface area contributed by atoms with E-state index in [1.54, 1.807) is 0 Å². The van der Waals surface area contributed by atoms with Crippen molar-refractivity contribution in [1.82, 2.24) is 0 Å². The molecular weight excluding hydrogens is 195 g/mol. The molecule has 2 nitrogen and oxygen atoms in total. The van der Waals surface area contributed by atoms with Gasteiger partial charge in [0.05, 0.1) is 5.56 Å². The second kappa shape index (κ2) is 3.69. The number of hydrogen-bond acceptors (Lipinski definition) is 1. The SMILES string of the molecule is CN(C=O)c1ccc(C(F)(F)F)cc1. The van der Waals surface area contributed by atoms with Gasteiger partial charge in [-0.3, -0.25) is 4.79 Å². The summed E-state index contributed by atoms with van der Waals surface area (Å²) < 4.78 is 36.4. The van der Waals surface area contributed by atoms with E-state index in [9.17, 15) is 18.0 Å². The molecule has 1 rings (SSSR count). The predicted molar refractivity (Wildman–Crippen MR) is 45.9 cm³/mol. The van der Waals surface area contributed by atoms with Gasteiger partial charge in [0.25, 0.3) is 0 Å². The maximum absolute atomic E-state index is 12.1. The first kappa shape index (κ1) is 10.6. The first-order valence-corrected chi connectivity index (χ1v) is 3.80. The molecule has 14 heavy (non-hydrogen) atoms. The van der Waals surface area contributed by atoms with Gasteiger partial charge in [-0.2, -0.15) is 13.2 Å². The molecule has 0 aromatic heterocycles. The Hall–Kier alpha value is -1.52. The van der Waals surface area contributed by atoms with Crippen LogP contribution in [-0.2, 0) is 11.0 Å². The molecule has 0 atom stereocenters. The number of benzene rings is 1. The van der Waals surface area contributed by atoms with Gasteiger partial charge in [-0.15, -0.1) is 0 Å². The second-order valence-corrected chi connectivity index (χ2v) is 2.76. The molecule has 0 aliphatic rings. The molecule has 1 amide bonds. The lowest BCUT2D eigenvalue weighted by molar-refractivity contribution is -0.137. The number of rotatable bonds is 2. The van der Waals surface area contributed by atoms with Crippen molar-refractivity contribution in [2.75, 3.05) is 11.9 Å². The van der Waals surface area contributed by atoms with Crippen molar-refractivity contribution in [3.63, 3.8) is 0 Å². The third-order valence-corrected chi connectivity index (χ3v) is 1.76. The highest BCUT2D eigenvalue weighted by Crippen LogP contribution is 2.30. The van der Waals surface area contributed by atoms with E-state index in [-0.39, 0.29) is 0 Å². The Labute approximate surface area is 78.9 Å². The van der Waals surface area contributed by atoms with Gasteiger partial charge in [0, 0.05) is 12.7 Å². The lowest BCUT2D eigenvalue weighted by Crippen LogP contribution is -2.14. The summed E-state index contributed by atoms with van der Waals surface area (Å²) in [5.41, 5.74) is -0.298. The summed E-state index contributed by atoms with van der Waals surface area (Å²) in [7, 11) is 1.47. The zero-order valence-electron chi connectivity index (χ0n) is 7.38. The van der Waals surface area contributed by atoms with Crippen LogP contribution in [0, 0.1) is 0 Å². The van der Waals surface area contributed by atoms with E-state index in [4.69, 9.17) is 0 Å². The molecule has 0 spiro atoms. The number of nitrogens with zero attached hydrogens (tertiary/aromatic N) is 1. The number of halogens is 3. The molecule has 0 unspecified atom stereocenters. The first-order chi connectivity index (χ1) is 6.45. The Morgan fingerprint density at radius 2 is 1.71 bits per heavy atom. The number of carbonyl (C=O) groups excluding carboxylic acids is 1. The Morgan fingerprint density at radius 3 is 2.07 bits per heavy atom. The van der Waals surface area contributed by atoms with Crippen molar-refractivity contribution in [3.8, 4) is 0 Å². The molecule has 0 saturated carbocycles. The van der Waals surface area contributed by atoms with Gasteiger partial charge >= 0.3 is 6.18 Å². The Kier molecular flexibility index (Phi) is 2.78. The van der Waals surface area contributed by atoms with Gasteiger partial charge in [0.2, 0.25) is 6.41 Å². The van der Waals surface area contributed by atoms with Crippen LogP contribution in [0.25, 0.3) is 0 Å². The summed E-state index contributed by atoms with van der Waals surface area (Å²) in [6.45, 7) is 0. The van der Waals surface area contributed by atoms with Crippen molar-refractivity contribution in [2.45, 2.75) is 6.18 Å². The number of amides is 1. The van der Waals surface area contributed by atoms with Gasteiger partial charge in [-0.1, -0.05) is 0 Å². The zero-order chi connectivity index (χ0) is 10.8. The summed E-state index contributed by atoms with van der Waals surface area (Å²) in [5.74, 6) is 0. The van der Waals surface area contributed by atoms with E-state index in [0.29, 0.717) is 12.1 Å². The summed E-state index contributed by atoms with van der Waals surface area (Å²) >= 11 is 0. The van der Waals surface area contributed by atoms with Gasteiger partial charge in [-0.25, -0.2) is 0 Å². The lowest BCUT2D eigenvalue weighted by atomic mass is 10.2. The van der Waals surface area contributed by atoms with Crippen molar-refractivity contribution < 1.29 is 18.0 Å².